The molecule has 0 N–H and O–H groups in total. The molecule has 0 unspecified atom stereocenters. The first kappa shape index (κ1) is 26.5. The van der Waals surface area contributed by atoms with Crippen LogP contribution in [0.4, 0.5) is 5.69 Å². The molecule has 3 aromatic carbocycles. The number of nitro benzene ring substituents is 1. The summed E-state index contributed by atoms with van der Waals surface area (Å²) in [6.07, 6.45) is 8.87. The van der Waals surface area contributed by atoms with Crippen LogP contribution in [0.1, 0.15) is 17.0 Å². The van der Waals surface area contributed by atoms with Crippen molar-refractivity contribution in [1.29, 1.82) is 0 Å². The van der Waals surface area contributed by atoms with E-state index in [0.29, 0.717) is 38.7 Å². The summed E-state index contributed by atoms with van der Waals surface area (Å²) in [5.41, 5.74) is 3.39. The Balaban J connectivity index is 1.33. The van der Waals surface area contributed by atoms with Gasteiger partial charge < -0.3 is 4.74 Å². The summed E-state index contributed by atoms with van der Waals surface area (Å²) in [6, 6.07) is 23.3. The van der Waals surface area contributed by atoms with Gasteiger partial charge in [0.1, 0.15) is 18.1 Å². The Morgan fingerprint density at radius 1 is 0.976 bits per heavy atom. The highest BCUT2D eigenvalue weighted by Crippen LogP contribution is 2.26. The molecule has 206 valence electrons. The lowest BCUT2D eigenvalue weighted by molar-refractivity contribution is -0.384. The average Bonchev–Trinajstić information content (AvgIpc) is 3.70. The molecule has 0 amide bonds. The van der Waals surface area contributed by atoms with Gasteiger partial charge in [0, 0.05) is 29.5 Å². The minimum Gasteiger partial charge on any atom is -0.490 e. The summed E-state index contributed by atoms with van der Waals surface area (Å²) in [5, 5.41) is 20.3. The number of nitro groups is 1. The summed E-state index contributed by atoms with van der Waals surface area (Å²) in [5.74, 6) is 1.17. The highest BCUT2D eigenvalue weighted by molar-refractivity contribution is 7.15. The first-order valence-electron chi connectivity index (χ1n) is 12.8. The SMILES string of the molecule is C=CCOc1ccc(/C=C/c2nc3s/c(=C\c4cn(-c5ccccc5)nc4-c4ccc([N+](=O)[O-])cc4)c(=O)n3n2)cc1. The second-order valence-corrected chi connectivity index (χ2v) is 10.1. The van der Waals surface area contributed by atoms with Crippen molar-refractivity contribution in [3.05, 3.63) is 140 Å². The van der Waals surface area contributed by atoms with Gasteiger partial charge in [0.05, 0.1) is 15.1 Å². The van der Waals surface area contributed by atoms with Gasteiger partial charge >= 0.3 is 0 Å². The number of hydrogen-bond donors (Lipinski definition) is 0. The van der Waals surface area contributed by atoms with Gasteiger partial charge in [-0.05, 0) is 54.1 Å². The van der Waals surface area contributed by atoms with Gasteiger partial charge in [0.25, 0.3) is 11.2 Å². The van der Waals surface area contributed by atoms with Crippen molar-refractivity contribution >= 4 is 40.2 Å². The Morgan fingerprint density at radius 3 is 2.43 bits per heavy atom. The summed E-state index contributed by atoms with van der Waals surface area (Å²) < 4.78 is 8.94. The molecule has 11 heteroatoms. The Morgan fingerprint density at radius 2 is 1.74 bits per heavy atom. The van der Waals surface area contributed by atoms with Crippen LogP contribution in [0.2, 0.25) is 0 Å². The number of ether oxygens (including phenoxy) is 1. The summed E-state index contributed by atoms with van der Waals surface area (Å²) in [4.78, 5) is 29.0. The van der Waals surface area contributed by atoms with Crippen LogP contribution in [0.5, 0.6) is 5.75 Å². The van der Waals surface area contributed by atoms with Gasteiger partial charge in [-0.25, -0.2) is 4.68 Å². The van der Waals surface area contributed by atoms with Crippen molar-refractivity contribution in [3.8, 4) is 22.7 Å². The molecular formula is C31H22N6O4S. The van der Waals surface area contributed by atoms with Crippen molar-refractivity contribution in [2.45, 2.75) is 0 Å². The largest absolute Gasteiger partial charge is 0.490 e. The monoisotopic (exact) mass is 574 g/mol. The van der Waals surface area contributed by atoms with Crippen LogP contribution in [-0.4, -0.2) is 35.9 Å². The van der Waals surface area contributed by atoms with Gasteiger partial charge in [-0.3, -0.25) is 14.9 Å². The number of hydrogen-bond acceptors (Lipinski definition) is 8. The topological polar surface area (TPSA) is 117 Å². The van der Waals surface area contributed by atoms with Gasteiger partial charge in [0.2, 0.25) is 4.96 Å². The van der Waals surface area contributed by atoms with Crippen LogP contribution in [0, 0.1) is 10.1 Å². The molecule has 0 radical (unpaired) electrons. The lowest BCUT2D eigenvalue weighted by Crippen LogP contribution is -2.23. The predicted octanol–water partition coefficient (Wildman–Crippen LogP) is 5.19. The van der Waals surface area contributed by atoms with E-state index in [1.807, 2.05) is 66.9 Å². The zero-order valence-electron chi connectivity index (χ0n) is 22.0. The van der Waals surface area contributed by atoms with Crippen molar-refractivity contribution in [2.24, 2.45) is 0 Å². The molecule has 6 aromatic rings. The second-order valence-electron chi connectivity index (χ2n) is 9.10. The number of benzene rings is 3. The number of thiazole rings is 1. The molecule has 0 bridgehead atoms. The summed E-state index contributed by atoms with van der Waals surface area (Å²) >= 11 is 1.22. The number of aromatic nitrogens is 5. The molecule has 0 aliphatic carbocycles. The number of fused-ring (bicyclic) bond motifs is 1. The zero-order chi connectivity index (χ0) is 29.1. The van der Waals surface area contributed by atoms with Crippen LogP contribution in [0.15, 0.2) is 103 Å². The minimum absolute atomic E-state index is 0.0152. The molecule has 0 saturated heterocycles. The lowest BCUT2D eigenvalue weighted by atomic mass is 10.1. The summed E-state index contributed by atoms with van der Waals surface area (Å²) in [6.45, 7) is 4.08. The number of para-hydroxylation sites is 1. The summed E-state index contributed by atoms with van der Waals surface area (Å²) in [7, 11) is 0. The molecule has 0 aliphatic heterocycles. The highest BCUT2D eigenvalue weighted by atomic mass is 32.1. The second kappa shape index (κ2) is 11.4. The molecule has 42 heavy (non-hydrogen) atoms. The first-order valence-corrected chi connectivity index (χ1v) is 13.6. The Kier molecular flexibility index (Phi) is 7.22. The van der Waals surface area contributed by atoms with E-state index in [-0.39, 0.29) is 11.2 Å². The van der Waals surface area contributed by atoms with Crippen molar-refractivity contribution < 1.29 is 9.66 Å². The molecular weight excluding hydrogens is 552 g/mol. The van der Waals surface area contributed by atoms with E-state index >= 15 is 0 Å². The van der Waals surface area contributed by atoms with Crippen LogP contribution < -0.4 is 14.8 Å². The van der Waals surface area contributed by atoms with Gasteiger partial charge in [-0.15, -0.1) is 5.10 Å². The number of rotatable bonds is 9. The maximum Gasteiger partial charge on any atom is 0.291 e. The van der Waals surface area contributed by atoms with Gasteiger partial charge in [0.15, 0.2) is 5.82 Å². The van der Waals surface area contributed by atoms with E-state index < -0.39 is 4.92 Å². The van der Waals surface area contributed by atoms with E-state index in [1.54, 1.807) is 35.0 Å². The fourth-order valence-electron chi connectivity index (χ4n) is 4.23. The maximum absolute atomic E-state index is 13.3. The molecule has 0 fully saturated rings. The van der Waals surface area contributed by atoms with Crippen molar-refractivity contribution in [2.75, 3.05) is 6.61 Å². The van der Waals surface area contributed by atoms with Gasteiger partial charge in [-0.2, -0.15) is 14.6 Å². The maximum atomic E-state index is 13.3. The molecule has 0 aliphatic rings. The van der Waals surface area contributed by atoms with Crippen LogP contribution in [0.3, 0.4) is 0 Å². The quantitative estimate of drug-likeness (QED) is 0.132. The van der Waals surface area contributed by atoms with Crippen LogP contribution >= 0.6 is 11.3 Å². The Bertz CT molecular complexity index is 2040. The molecule has 3 aromatic heterocycles. The third-order valence-corrected chi connectivity index (χ3v) is 7.23. The van der Waals surface area contributed by atoms with Crippen LogP contribution in [0.25, 0.3) is 40.1 Å². The molecule has 6 rings (SSSR count). The smallest absolute Gasteiger partial charge is 0.291 e. The fraction of sp³-hybridized carbons (Fsp3) is 0.0323. The lowest BCUT2D eigenvalue weighted by Gasteiger charge is -2.02. The molecule has 10 nitrogen and oxygen atoms in total. The fourth-order valence-corrected chi connectivity index (χ4v) is 5.14. The van der Waals surface area contributed by atoms with Gasteiger partial charge in [-0.1, -0.05) is 60.4 Å². The average molecular weight is 575 g/mol. The number of non-ortho nitro benzene ring substituents is 1. The third kappa shape index (κ3) is 5.49. The van der Waals surface area contributed by atoms with E-state index in [0.717, 1.165) is 17.0 Å². The van der Waals surface area contributed by atoms with Crippen LogP contribution in [-0.2, 0) is 0 Å². The highest BCUT2D eigenvalue weighted by Gasteiger charge is 2.15. The third-order valence-electron chi connectivity index (χ3n) is 6.27. The normalized spacial score (nSPS) is 11.9. The Hall–Kier alpha value is -5.68. The van der Waals surface area contributed by atoms with E-state index in [1.165, 1.54) is 28.0 Å². The van der Waals surface area contributed by atoms with E-state index in [2.05, 4.69) is 16.7 Å². The molecule has 0 saturated carbocycles. The zero-order valence-corrected chi connectivity index (χ0v) is 22.8. The predicted molar refractivity (Wildman–Crippen MR) is 163 cm³/mol. The molecule has 3 heterocycles. The van der Waals surface area contributed by atoms with E-state index in [4.69, 9.17) is 9.84 Å². The Labute approximate surface area is 242 Å². The standard InChI is InChI=1S/C31H22N6O4S/c1-2-18-41-26-15-8-21(9-16-26)10-17-28-32-31-36(33-28)30(38)27(42-31)19-23-20-35(24-6-4-3-5-7-24)34-29(23)22-11-13-25(14-12-22)37(39)40/h2-17,19-20H,1,18H2/b17-10+,27-19-. The van der Waals surface area contributed by atoms with Crippen molar-refractivity contribution in [3.63, 3.8) is 0 Å². The molecule has 0 spiro atoms. The first-order chi connectivity index (χ1) is 20.5. The number of nitrogens with zero attached hydrogens (tertiary/aromatic N) is 6. The molecule has 0 atom stereocenters. The van der Waals surface area contributed by atoms with E-state index in [9.17, 15) is 14.9 Å². The van der Waals surface area contributed by atoms with Crippen molar-refractivity contribution in [1.82, 2.24) is 24.4 Å². The minimum atomic E-state index is -0.447.